The Morgan fingerprint density at radius 3 is 2.11 bits per heavy atom. The Hall–Kier alpha value is -1.56. The van der Waals surface area contributed by atoms with Gasteiger partial charge in [-0.1, -0.05) is 52.9 Å². The molecule has 0 aromatic heterocycles. The molecule has 0 aliphatic carbocycles. The van der Waals surface area contributed by atoms with Gasteiger partial charge in [-0.15, -0.1) is 0 Å². The third-order valence-electron chi connectivity index (χ3n) is 4.62. The van der Waals surface area contributed by atoms with Gasteiger partial charge in [0, 0.05) is 25.2 Å². The second kappa shape index (κ2) is 12.8. The molecule has 1 aromatic carbocycles. The van der Waals surface area contributed by atoms with Gasteiger partial charge >= 0.3 is 0 Å². The normalized spacial score (nSPS) is 13.8. The van der Waals surface area contributed by atoms with Crippen LogP contribution >= 0.6 is 0 Å². The number of nitrogens with zero attached hydrogens (tertiary/aromatic N) is 1. The largest absolute Gasteiger partial charge is 0.372 e. The summed E-state index contributed by atoms with van der Waals surface area (Å²) in [7, 11) is -3.77. The van der Waals surface area contributed by atoms with Crippen molar-refractivity contribution in [3.05, 3.63) is 24.3 Å². The third kappa shape index (κ3) is 8.33. The van der Waals surface area contributed by atoms with Crippen LogP contribution < -0.4 is 9.62 Å². The number of unbranched alkanes of at least 4 members (excludes halogenated alkanes) is 5. The highest BCUT2D eigenvalue weighted by Crippen LogP contribution is 2.22. The van der Waals surface area contributed by atoms with E-state index in [1.165, 1.54) is 32.1 Å². The van der Waals surface area contributed by atoms with Crippen molar-refractivity contribution in [3.8, 4) is 0 Å². The highest BCUT2D eigenvalue weighted by Gasteiger charge is 2.18. The van der Waals surface area contributed by atoms with E-state index in [1.54, 1.807) is 12.1 Å². The van der Waals surface area contributed by atoms with Crippen molar-refractivity contribution < 1.29 is 13.2 Å². The summed E-state index contributed by atoms with van der Waals surface area (Å²) in [6.07, 6.45) is 9.01. The smallest absolute Gasteiger partial charge is 0.264 e. The highest BCUT2D eigenvalue weighted by atomic mass is 32.2. The summed E-state index contributed by atoms with van der Waals surface area (Å²) in [5, 5.41) is 0. The minimum absolute atomic E-state index is 0.145. The second-order valence-electron chi connectivity index (χ2n) is 6.73. The molecule has 27 heavy (non-hydrogen) atoms. The molecule has 5 nitrogen and oxygen atoms in total. The predicted molar refractivity (Wildman–Crippen MR) is 113 cm³/mol. The van der Waals surface area contributed by atoms with E-state index in [9.17, 15) is 13.2 Å². The van der Waals surface area contributed by atoms with Crippen molar-refractivity contribution in [1.29, 1.82) is 0 Å². The van der Waals surface area contributed by atoms with Crippen LogP contribution in [0.5, 0.6) is 0 Å². The minimum atomic E-state index is -3.77. The summed E-state index contributed by atoms with van der Waals surface area (Å²) < 4.78 is 26.8. The molecule has 0 spiro atoms. The average Bonchev–Trinajstić information content (AvgIpc) is 3.21. The van der Waals surface area contributed by atoms with Crippen molar-refractivity contribution in [2.75, 3.05) is 18.0 Å². The van der Waals surface area contributed by atoms with Gasteiger partial charge in [0.15, 0.2) is 0 Å². The monoisotopic (exact) mass is 396 g/mol. The summed E-state index contributed by atoms with van der Waals surface area (Å²) in [6, 6.07) is 6.79. The van der Waals surface area contributed by atoms with Crippen molar-refractivity contribution in [1.82, 2.24) is 4.72 Å². The summed E-state index contributed by atoms with van der Waals surface area (Å²) in [5.74, 6) is -0.417. The first-order chi connectivity index (χ1) is 13.0. The summed E-state index contributed by atoms with van der Waals surface area (Å²) in [6.45, 7) is 8.19. The first kappa shape index (κ1) is 23.5. The third-order valence-corrected chi connectivity index (χ3v) is 6.01. The topological polar surface area (TPSA) is 66.5 Å². The number of carbonyl (C=O) groups is 1. The number of nitrogens with one attached hydrogen (secondary N) is 1. The van der Waals surface area contributed by atoms with Crippen LogP contribution in [0.25, 0.3) is 0 Å². The molecule has 1 aromatic rings. The molecule has 0 saturated carbocycles. The van der Waals surface area contributed by atoms with Gasteiger partial charge in [-0.3, -0.25) is 4.79 Å². The maximum absolute atomic E-state index is 12.3. The molecule has 1 N–H and O–H groups in total. The van der Waals surface area contributed by atoms with Crippen LogP contribution in [-0.2, 0) is 14.8 Å². The van der Waals surface area contributed by atoms with Crippen LogP contribution in [0.4, 0.5) is 5.69 Å². The van der Waals surface area contributed by atoms with Crippen LogP contribution in [0.3, 0.4) is 0 Å². The maximum atomic E-state index is 12.3. The first-order valence-corrected chi connectivity index (χ1v) is 11.9. The van der Waals surface area contributed by atoms with Gasteiger partial charge in [0.25, 0.3) is 10.0 Å². The molecule has 1 aliphatic rings. The first-order valence-electron chi connectivity index (χ1n) is 10.4. The van der Waals surface area contributed by atoms with Gasteiger partial charge in [0.05, 0.1) is 4.90 Å². The number of sulfonamides is 1. The number of carbonyl (C=O) groups excluding carboxylic acids is 1. The minimum Gasteiger partial charge on any atom is -0.372 e. The van der Waals surface area contributed by atoms with Gasteiger partial charge in [-0.2, -0.15) is 0 Å². The van der Waals surface area contributed by atoms with Crippen LogP contribution in [-0.4, -0.2) is 27.4 Å². The lowest BCUT2D eigenvalue weighted by molar-refractivity contribution is -0.119. The molecular weight excluding hydrogens is 360 g/mol. The lowest BCUT2D eigenvalue weighted by atomic mass is 10.1. The molecule has 0 unspecified atom stereocenters. The molecule has 1 saturated heterocycles. The van der Waals surface area contributed by atoms with E-state index < -0.39 is 15.9 Å². The SMILES string of the molecule is CC.CCCCCCCCC(=O)NS(=O)(=O)c1ccc(N2CCCC2)cc1. The number of anilines is 1. The molecule has 0 radical (unpaired) electrons. The Balaban J connectivity index is 0.00000176. The molecule has 1 fully saturated rings. The number of hydrogen-bond donors (Lipinski definition) is 1. The van der Waals surface area contributed by atoms with Crippen LogP contribution in [0.2, 0.25) is 0 Å². The van der Waals surface area contributed by atoms with Crippen molar-refractivity contribution in [2.24, 2.45) is 0 Å². The molecule has 0 atom stereocenters. The molecule has 154 valence electrons. The van der Waals surface area contributed by atoms with Crippen molar-refractivity contribution >= 4 is 21.6 Å². The summed E-state index contributed by atoms with van der Waals surface area (Å²) in [5.41, 5.74) is 1.04. The molecule has 1 heterocycles. The standard InChI is InChI=1S/C19H30N2O3S.C2H6/c1-2-3-4-5-6-7-10-19(22)20-25(23,24)18-13-11-17(12-14-18)21-15-8-9-16-21;1-2/h11-14H,2-10,15-16H2,1H3,(H,20,22);1-2H3. The zero-order valence-corrected chi connectivity index (χ0v) is 18.0. The quantitative estimate of drug-likeness (QED) is 0.573. The van der Waals surface area contributed by atoms with Gasteiger partial charge in [-0.05, 0) is 43.5 Å². The Labute approximate surface area is 165 Å². The van der Waals surface area contributed by atoms with E-state index in [1.807, 2.05) is 26.0 Å². The lowest BCUT2D eigenvalue weighted by Crippen LogP contribution is -2.30. The number of amides is 1. The summed E-state index contributed by atoms with van der Waals surface area (Å²) >= 11 is 0. The van der Waals surface area contributed by atoms with Crippen molar-refractivity contribution in [2.45, 2.75) is 83.5 Å². The van der Waals surface area contributed by atoms with E-state index >= 15 is 0 Å². The van der Waals surface area contributed by atoms with Gasteiger partial charge in [0.2, 0.25) is 5.91 Å². The molecule has 0 bridgehead atoms. The van der Waals surface area contributed by atoms with Crippen LogP contribution in [0.15, 0.2) is 29.2 Å². The number of benzene rings is 1. The Kier molecular flexibility index (Phi) is 11.1. The average molecular weight is 397 g/mol. The Morgan fingerprint density at radius 1 is 0.963 bits per heavy atom. The van der Waals surface area contributed by atoms with E-state index in [0.717, 1.165) is 38.0 Å². The number of rotatable bonds is 10. The van der Waals surface area contributed by atoms with E-state index in [4.69, 9.17) is 0 Å². The predicted octanol–water partition coefficient (Wildman–Crippen LogP) is 4.87. The van der Waals surface area contributed by atoms with Crippen molar-refractivity contribution in [3.63, 3.8) is 0 Å². The fraction of sp³-hybridized carbons (Fsp3) is 0.667. The second-order valence-corrected chi connectivity index (χ2v) is 8.42. The van der Waals surface area contributed by atoms with E-state index in [-0.39, 0.29) is 11.3 Å². The molecule has 6 heteroatoms. The van der Waals surface area contributed by atoms with Gasteiger partial charge in [-0.25, -0.2) is 13.1 Å². The fourth-order valence-electron chi connectivity index (χ4n) is 3.14. The molecular formula is C21H36N2O3S. The fourth-order valence-corrected chi connectivity index (χ4v) is 4.15. The van der Waals surface area contributed by atoms with Crippen LogP contribution in [0.1, 0.15) is 78.6 Å². The molecule has 1 amide bonds. The molecule has 2 rings (SSSR count). The Bertz CT molecular complexity index is 636. The summed E-state index contributed by atoms with van der Waals surface area (Å²) in [4.78, 5) is 14.3. The zero-order valence-electron chi connectivity index (χ0n) is 17.2. The Morgan fingerprint density at radius 2 is 1.52 bits per heavy atom. The molecule has 1 aliphatic heterocycles. The maximum Gasteiger partial charge on any atom is 0.264 e. The lowest BCUT2D eigenvalue weighted by Gasteiger charge is -2.17. The zero-order chi connectivity index (χ0) is 20.1. The van der Waals surface area contributed by atoms with E-state index in [0.29, 0.717) is 0 Å². The van der Waals surface area contributed by atoms with E-state index in [2.05, 4.69) is 16.5 Å². The highest BCUT2D eigenvalue weighted by molar-refractivity contribution is 7.90. The van der Waals surface area contributed by atoms with Crippen LogP contribution in [0, 0.1) is 0 Å². The van der Waals surface area contributed by atoms with Gasteiger partial charge in [0.1, 0.15) is 0 Å². The van der Waals surface area contributed by atoms with Gasteiger partial charge < -0.3 is 4.90 Å². The number of hydrogen-bond acceptors (Lipinski definition) is 4.